The van der Waals surface area contributed by atoms with Crippen LogP contribution in [0.4, 0.5) is 19.2 Å². The molecule has 6 heteroatoms. The number of oxazole rings is 1. The monoisotopic (exact) mass is 216 g/mol. The van der Waals surface area contributed by atoms with Crippen LogP contribution in [-0.4, -0.2) is 17.7 Å². The zero-order valence-electron chi connectivity index (χ0n) is 7.51. The van der Waals surface area contributed by atoms with Crippen molar-refractivity contribution < 1.29 is 17.6 Å². The fourth-order valence-corrected chi connectivity index (χ4v) is 1.12. The van der Waals surface area contributed by atoms with E-state index in [4.69, 9.17) is 4.42 Å². The number of hydrogen-bond acceptors (Lipinski definition) is 3. The van der Waals surface area contributed by atoms with Crippen molar-refractivity contribution in [2.75, 3.05) is 11.9 Å². The summed E-state index contributed by atoms with van der Waals surface area (Å²) in [5, 5.41) is 2.07. The van der Waals surface area contributed by atoms with Gasteiger partial charge in [0.1, 0.15) is 12.1 Å². The molecular weight excluding hydrogens is 209 g/mol. The molecule has 0 unspecified atom stereocenters. The molecule has 0 aliphatic carbocycles. The van der Waals surface area contributed by atoms with Crippen LogP contribution in [0.3, 0.4) is 0 Å². The minimum absolute atomic E-state index is 0.117. The van der Waals surface area contributed by atoms with E-state index in [0.29, 0.717) is 11.1 Å². The van der Waals surface area contributed by atoms with Gasteiger partial charge in [-0.05, 0) is 12.1 Å². The minimum Gasteiger partial charge on any atom is -0.424 e. The van der Waals surface area contributed by atoms with Gasteiger partial charge >= 0.3 is 6.18 Å². The van der Waals surface area contributed by atoms with Crippen molar-refractivity contribution in [3.05, 3.63) is 24.3 Å². The van der Waals surface area contributed by atoms with Gasteiger partial charge in [0.05, 0.1) is 0 Å². The molecule has 2 aromatic rings. The molecule has 0 radical (unpaired) electrons. The summed E-state index contributed by atoms with van der Waals surface area (Å²) >= 11 is 0. The number of aromatic nitrogens is 1. The predicted octanol–water partition coefficient (Wildman–Crippen LogP) is 2.80. The zero-order valence-corrected chi connectivity index (χ0v) is 7.51. The van der Waals surface area contributed by atoms with Crippen molar-refractivity contribution in [1.82, 2.24) is 4.98 Å². The van der Waals surface area contributed by atoms with Crippen LogP contribution in [0.2, 0.25) is 0 Å². The predicted molar refractivity (Wildman–Crippen MR) is 48.6 cm³/mol. The van der Waals surface area contributed by atoms with Crippen LogP contribution in [-0.2, 0) is 0 Å². The molecule has 0 aliphatic rings. The molecular formula is C9H7F3N2O. The summed E-state index contributed by atoms with van der Waals surface area (Å²) < 4.78 is 40.6. The highest BCUT2D eigenvalue weighted by Gasteiger charge is 2.27. The van der Waals surface area contributed by atoms with Gasteiger partial charge in [-0.1, -0.05) is 12.1 Å². The molecule has 2 rings (SSSR count). The summed E-state index contributed by atoms with van der Waals surface area (Å²) in [7, 11) is 0. The maximum atomic E-state index is 11.9. The number of fused-ring (bicyclic) bond motifs is 1. The number of halogens is 3. The second-order valence-electron chi connectivity index (χ2n) is 2.96. The Labute approximate surface area is 82.9 Å². The number of benzene rings is 1. The fourth-order valence-electron chi connectivity index (χ4n) is 1.12. The summed E-state index contributed by atoms with van der Waals surface area (Å²) in [5.74, 6) is 0. The first-order valence-electron chi connectivity index (χ1n) is 4.21. The molecule has 1 aromatic heterocycles. The molecule has 0 atom stereocenters. The number of hydrogen-bond donors (Lipinski definition) is 1. The maximum absolute atomic E-state index is 11.9. The Morgan fingerprint density at radius 2 is 2.00 bits per heavy atom. The first-order chi connectivity index (χ1) is 7.04. The van der Waals surface area contributed by atoms with E-state index in [1.807, 2.05) is 0 Å². The lowest BCUT2D eigenvalue weighted by atomic mass is 10.3. The Morgan fingerprint density at radius 3 is 2.67 bits per heavy atom. The van der Waals surface area contributed by atoms with Crippen LogP contribution in [0.25, 0.3) is 11.1 Å². The molecule has 0 bridgehead atoms. The number of nitrogens with zero attached hydrogens (tertiary/aromatic N) is 1. The van der Waals surface area contributed by atoms with Crippen molar-refractivity contribution in [2.24, 2.45) is 0 Å². The third-order valence-corrected chi connectivity index (χ3v) is 1.73. The first kappa shape index (κ1) is 9.82. The van der Waals surface area contributed by atoms with Gasteiger partial charge in [-0.25, -0.2) is 0 Å². The number of anilines is 1. The second-order valence-corrected chi connectivity index (χ2v) is 2.96. The lowest BCUT2D eigenvalue weighted by Crippen LogP contribution is -2.21. The zero-order chi connectivity index (χ0) is 10.9. The Kier molecular flexibility index (Phi) is 2.26. The van der Waals surface area contributed by atoms with Gasteiger partial charge in [0.15, 0.2) is 5.58 Å². The maximum Gasteiger partial charge on any atom is 0.405 e. The van der Waals surface area contributed by atoms with Crippen LogP contribution in [0, 0.1) is 0 Å². The van der Waals surface area contributed by atoms with E-state index in [1.54, 1.807) is 24.3 Å². The molecule has 0 fully saturated rings. The average Bonchev–Trinajstić information content (AvgIpc) is 2.56. The van der Waals surface area contributed by atoms with Gasteiger partial charge in [0.25, 0.3) is 6.01 Å². The molecule has 0 amide bonds. The molecule has 80 valence electrons. The standard InChI is InChI=1S/C9H7F3N2O/c10-9(11,12)5-13-8-14-6-3-1-2-4-7(6)15-8/h1-4H,5H2,(H,13,14). The van der Waals surface area contributed by atoms with Gasteiger partial charge in [-0.15, -0.1) is 0 Å². The highest BCUT2D eigenvalue weighted by atomic mass is 19.4. The van der Waals surface area contributed by atoms with Gasteiger partial charge in [-0.2, -0.15) is 18.2 Å². The number of nitrogens with one attached hydrogen (secondary N) is 1. The number of rotatable bonds is 2. The smallest absolute Gasteiger partial charge is 0.405 e. The van der Waals surface area contributed by atoms with Crippen LogP contribution in [0.1, 0.15) is 0 Å². The van der Waals surface area contributed by atoms with Gasteiger partial charge in [0.2, 0.25) is 0 Å². The molecule has 0 aliphatic heterocycles. The molecule has 1 N–H and O–H groups in total. The fraction of sp³-hybridized carbons (Fsp3) is 0.222. The van der Waals surface area contributed by atoms with E-state index in [0.717, 1.165) is 0 Å². The molecule has 0 saturated carbocycles. The van der Waals surface area contributed by atoms with Crippen molar-refractivity contribution >= 4 is 17.1 Å². The van der Waals surface area contributed by atoms with Crippen molar-refractivity contribution in [1.29, 1.82) is 0 Å². The largest absolute Gasteiger partial charge is 0.424 e. The lowest BCUT2D eigenvalue weighted by Gasteiger charge is -2.04. The lowest BCUT2D eigenvalue weighted by molar-refractivity contribution is -0.115. The summed E-state index contributed by atoms with van der Waals surface area (Å²) in [5.41, 5.74) is 0.990. The van der Waals surface area contributed by atoms with E-state index in [9.17, 15) is 13.2 Å². The van der Waals surface area contributed by atoms with Gasteiger partial charge in [0, 0.05) is 0 Å². The Morgan fingerprint density at radius 1 is 1.27 bits per heavy atom. The topological polar surface area (TPSA) is 38.1 Å². The summed E-state index contributed by atoms with van der Waals surface area (Å²) in [6.07, 6.45) is -4.28. The normalized spacial score (nSPS) is 11.9. The summed E-state index contributed by atoms with van der Waals surface area (Å²) in [6.45, 7) is -1.15. The van der Waals surface area contributed by atoms with Crippen LogP contribution >= 0.6 is 0 Å². The first-order valence-corrected chi connectivity index (χ1v) is 4.21. The van der Waals surface area contributed by atoms with Gasteiger partial charge < -0.3 is 9.73 Å². The van der Waals surface area contributed by atoms with Crippen LogP contribution < -0.4 is 5.32 Å². The van der Waals surface area contributed by atoms with Gasteiger partial charge in [-0.3, -0.25) is 0 Å². The quantitative estimate of drug-likeness (QED) is 0.838. The Balaban J connectivity index is 2.16. The van der Waals surface area contributed by atoms with E-state index in [1.165, 1.54) is 0 Å². The molecule has 1 heterocycles. The van der Waals surface area contributed by atoms with Crippen LogP contribution in [0.5, 0.6) is 0 Å². The van der Waals surface area contributed by atoms with Crippen molar-refractivity contribution in [2.45, 2.75) is 6.18 Å². The molecule has 0 saturated heterocycles. The summed E-state index contributed by atoms with van der Waals surface area (Å²) in [4.78, 5) is 3.84. The molecule has 15 heavy (non-hydrogen) atoms. The third kappa shape index (κ3) is 2.39. The second kappa shape index (κ2) is 3.45. The minimum atomic E-state index is -4.28. The Bertz CT molecular complexity index is 431. The summed E-state index contributed by atoms with van der Waals surface area (Å²) in [6, 6.07) is 6.64. The van der Waals surface area contributed by atoms with Crippen molar-refractivity contribution in [3.63, 3.8) is 0 Å². The van der Waals surface area contributed by atoms with Crippen molar-refractivity contribution in [3.8, 4) is 0 Å². The van der Waals surface area contributed by atoms with E-state index >= 15 is 0 Å². The number of alkyl halides is 3. The highest BCUT2D eigenvalue weighted by Crippen LogP contribution is 2.20. The Hall–Kier alpha value is -1.72. The molecule has 0 spiro atoms. The SMILES string of the molecule is FC(F)(F)CNc1nc2ccccc2o1. The van der Waals surface area contributed by atoms with E-state index in [-0.39, 0.29) is 6.01 Å². The van der Waals surface area contributed by atoms with E-state index in [2.05, 4.69) is 10.3 Å². The molecule has 3 nitrogen and oxygen atoms in total. The third-order valence-electron chi connectivity index (χ3n) is 1.73. The average molecular weight is 216 g/mol. The molecule has 1 aromatic carbocycles. The van der Waals surface area contributed by atoms with Crippen LogP contribution in [0.15, 0.2) is 28.7 Å². The number of para-hydroxylation sites is 2. The van der Waals surface area contributed by atoms with E-state index < -0.39 is 12.7 Å². The highest BCUT2D eigenvalue weighted by molar-refractivity contribution is 5.74.